The van der Waals surface area contributed by atoms with Crippen LogP contribution in [0.3, 0.4) is 0 Å². The third-order valence-electron chi connectivity index (χ3n) is 5.59. The van der Waals surface area contributed by atoms with E-state index in [0.717, 1.165) is 54.1 Å². The van der Waals surface area contributed by atoms with Gasteiger partial charge < -0.3 is 14.8 Å². The van der Waals surface area contributed by atoms with Crippen LogP contribution in [0.2, 0.25) is 0 Å². The van der Waals surface area contributed by atoms with Gasteiger partial charge in [0.25, 0.3) is 5.91 Å². The van der Waals surface area contributed by atoms with Gasteiger partial charge in [-0.05, 0) is 42.8 Å². The number of rotatable bonds is 7. The zero-order valence-corrected chi connectivity index (χ0v) is 18.0. The van der Waals surface area contributed by atoms with Crippen molar-refractivity contribution in [1.82, 2.24) is 19.8 Å². The minimum atomic E-state index is -0.0326. The molecule has 7 heteroatoms. The van der Waals surface area contributed by atoms with Crippen LogP contribution in [-0.2, 0) is 17.8 Å². The van der Waals surface area contributed by atoms with Crippen LogP contribution >= 0.6 is 11.3 Å². The van der Waals surface area contributed by atoms with Crippen molar-refractivity contribution < 1.29 is 9.59 Å². The fourth-order valence-electron chi connectivity index (χ4n) is 3.99. The first-order valence-corrected chi connectivity index (χ1v) is 11.6. The van der Waals surface area contributed by atoms with Crippen LogP contribution in [0.5, 0.6) is 0 Å². The highest BCUT2D eigenvalue weighted by atomic mass is 32.1. The number of nitrogens with zero attached hydrogens (tertiary/aromatic N) is 3. The number of nitrogens with one attached hydrogen (secondary N) is 1. The fourth-order valence-corrected chi connectivity index (χ4v) is 4.63. The summed E-state index contributed by atoms with van der Waals surface area (Å²) in [5.74, 6) is 1.05. The molecule has 2 amide bonds. The summed E-state index contributed by atoms with van der Waals surface area (Å²) in [4.78, 5) is 32.6. The number of carbonyl (C=O) groups is 2. The highest BCUT2D eigenvalue weighted by Crippen LogP contribution is 2.18. The Morgan fingerprint density at radius 3 is 2.60 bits per heavy atom. The fraction of sp³-hybridized carbons (Fsp3) is 0.435. The number of fused-ring (bicyclic) bond motifs is 1. The molecule has 3 aromatic rings. The molecule has 1 aliphatic rings. The normalized spacial score (nSPS) is 14.6. The number of hydrogen-bond donors (Lipinski definition) is 1. The number of imidazole rings is 1. The molecule has 0 atom stereocenters. The van der Waals surface area contributed by atoms with Gasteiger partial charge in [0, 0.05) is 26.1 Å². The van der Waals surface area contributed by atoms with Crippen LogP contribution in [0.25, 0.3) is 11.0 Å². The second kappa shape index (κ2) is 9.89. The van der Waals surface area contributed by atoms with E-state index in [1.54, 1.807) is 0 Å². The molecular formula is C23H28N4O2S. The molecule has 0 bridgehead atoms. The Kier molecular flexibility index (Phi) is 6.79. The summed E-state index contributed by atoms with van der Waals surface area (Å²) in [5.41, 5.74) is 1.91. The molecule has 1 N–H and O–H groups in total. The highest BCUT2D eigenvalue weighted by molar-refractivity contribution is 7.12. The zero-order valence-electron chi connectivity index (χ0n) is 17.2. The van der Waals surface area contributed by atoms with Gasteiger partial charge in [-0.2, -0.15) is 0 Å². The molecule has 0 spiro atoms. The first-order chi connectivity index (χ1) is 14.7. The number of aromatic nitrogens is 2. The van der Waals surface area contributed by atoms with Crippen LogP contribution in [0.4, 0.5) is 0 Å². The summed E-state index contributed by atoms with van der Waals surface area (Å²) in [7, 11) is 0. The van der Waals surface area contributed by atoms with Gasteiger partial charge >= 0.3 is 0 Å². The molecule has 4 rings (SSSR count). The molecule has 0 saturated carbocycles. The van der Waals surface area contributed by atoms with Crippen LogP contribution in [0.15, 0.2) is 41.8 Å². The highest BCUT2D eigenvalue weighted by Gasteiger charge is 2.19. The number of benzene rings is 1. The lowest BCUT2D eigenvalue weighted by Gasteiger charge is -2.21. The number of aryl methyl sites for hydroxylation is 1. The van der Waals surface area contributed by atoms with Gasteiger partial charge in [0.15, 0.2) is 0 Å². The zero-order chi connectivity index (χ0) is 20.8. The van der Waals surface area contributed by atoms with E-state index in [4.69, 9.17) is 4.98 Å². The van der Waals surface area contributed by atoms with Crippen molar-refractivity contribution in [2.75, 3.05) is 19.6 Å². The van der Waals surface area contributed by atoms with E-state index in [1.165, 1.54) is 24.2 Å². The quantitative estimate of drug-likeness (QED) is 0.586. The van der Waals surface area contributed by atoms with Gasteiger partial charge in [-0.1, -0.05) is 31.0 Å². The van der Waals surface area contributed by atoms with Crippen molar-refractivity contribution in [1.29, 1.82) is 0 Å². The molecule has 1 aliphatic heterocycles. The predicted octanol–water partition coefficient (Wildman–Crippen LogP) is 3.86. The maximum absolute atomic E-state index is 13.0. The van der Waals surface area contributed by atoms with Crippen molar-refractivity contribution >= 4 is 34.2 Å². The maximum Gasteiger partial charge on any atom is 0.261 e. The molecule has 1 aromatic carbocycles. The SMILES string of the molecule is O=C(NCCCc1nc2ccccc2n1CC(=O)N1CCCCCC1)c1cccs1. The Morgan fingerprint density at radius 1 is 1.03 bits per heavy atom. The maximum atomic E-state index is 13.0. The van der Waals surface area contributed by atoms with Crippen LogP contribution in [0, 0.1) is 0 Å². The number of amides is 2. The lowest BCUT2D eigenvalue weighted by molar-refractivity contribution is -0.131. The Labute approximate surface area is 180 Å². The largest absolute Gasteiger partial charge is 0.351 e. The average Bonchev–Trinajstić information content (AvgIpc) is 3.32. The third-order valence-corrected chi connectivity index (χ3v) is 6.46. The van der Waals surface area contributed by atoms with Gasteiger partial charge in [-0.15, -0.1) is 11.3 Å². The van der Waals surface area contributed by atoms with Crippen molar-refractivity contribution in [3.8, 4) is 0 Å². The lowest BCUT2D eigenvalue weighted by atomic mass is 10.2. The minimum Gasteiger partial charge on any atom is -0.351 e. The van der Waals surface area contributed by atoms with E-state index in [0.29, 0.717) is 19.5 Å². The molecule has 3 heterocycles. The molecule has 0 radical (unpaired) electrons. The van der Waals surface area contributed by atoms with Crippen molar-refractivity contribution in [2.24, 2.45) is 0 Å². The van der Waals surface area contributed by atoms with Crippen LogP contribution < -0.4 is 5.32 Å². The van der Waals surface area contributed by atoms with Crippen LogP contribution in [0.1, 0.15) is 47.6 Å². The van der Waals surface area contributed by atoms with Gasteiger partial charge in [-0.25, -0.2) is 4.98 Å². The first kappa shape index (κ1) is 20.6. The average molecular weight is 425 g/mol. The molecule has 0 aliphatic carbocycles. The second-order valence-corrected chi connectivity index (χ2v) is 8.68. The molecule has 30 heavy (non-hydrogen) atoms. The van der Waals surface area contributed by atoms with Gasteiger partial charge in [-0.3, -0.25) is 9.59 Å². The van der Waals surface area contributed by atoms with E-state index in [9.17, 15) is 9.59 Å². The van der Waals surface area contributed by atoms with Crippen molar-refractivity contribution in [3.63, 3.8) is 0 Å². The monoisotopic (exact) mass is 424 g/mol. The summed E-state index contributed by atoms with van der Waals surface area (Å²) in [5, 5.41) is 4.87. The summed E-state index contributed by atoms with van der Waals surface area (Å²) < 4.78 is 2.06. The Hall–Kier alpha value is -2.67. The van der Waals surface area contributed by atoms with E-state index in [1.807, 2.05) is 46.7 Å². The first-order valence-electron chi connectivity index (χ1n) is 10.8. The molecular weight excluding hydrogens is 396 g/mol. The Balaban J connectivity index is 1.42. The van der Waals surface area contributed by atoms with E-state index in [-0.39, 0.29) is 11.8 Å². The van der Waals surface area contributed by atoms with Gasteiger partial charge in [0.2, 0.25) is 5.91 Å². The van der Waals surface area contributed by atoms with E-state index in [2.05, 4.69) is 9.88 Å². The molecule has 6 nitrogen and oxygen atoms in total. The van der Waals surface area contributed by atoms with E-state index < -0.39 is 0 Å². The molecule has 1 saturated heterocycles. The number of thiophene rings is 1. The van der Waals surface area contributed by atoms with Crippen molar-refractivity contribution in [3.05, 3.63) is 52.5 Å². The lowest BCUT2D eigenvalue weighted by Crippen LogP contribution is -2.35. The summed E-state index contributed by atoms with van der Waals surface area (Å²) in [6.07, 6.45) is 6.09. The number of hydrogen-bond acceptors (Lipinski definition) is 4. The minimum absolute atomic E-state index is 0.0326. The second-order valence-electron chi connectivity index (χ2n) is 7.73. The van der Waals surface area contributed by atoms with Crippen LogP contribution in [-0.4, -0.2) is 45.9 Å². The number of para-hydroxylation sites is 2. The number of carbonyl (C=O) groups excluding carboxylic acids is 2. The Morgan fingerprint density at radius 2 is 1.83 bits per heavy atom. The molecule has 158 valence electrons. The molecule has 2 aromatic heterocycles. The predicted molar refractivity (Wildman–Crippen MR) is 120 cm³/mol. The smallest absolute Gasteiger partial charge is 0.261 e. The standard InChI is InChI=1S/C23H28N4O2S/c28-22(26-14-5-1-2-6-15-26)17-27-19-10-4-3-9-18(19)25-21(27)12-7-13-24-23(29)20-11-8-16-30-20/h3-4,8-11,16H,1-2,5-7,12-15,17H2,(H,24,29). The summed E-state index contributed by atoms with van der Waals surface area (Å²) in [6, 6.07) is 11.7. The third kappa shape index (κ3) is 4.90. The summed E-state index contributed by atoms with van der Waals surface area (Å²) in [6.45, 7) is 2.63. The van der Waals surface area contributed by atoms with E-state index >= 15 is 0 Å². The molecule has 0 unspecified atom stereocenters. The Bertz CT molecular complexity index is 988. The van der Waals surface area contributed by atoms with Gasteiger partial charge in [0.1, 0.15) is 12.4 Å². The number of likely N-dealkylation sites (tertiary alicyclic amines) is 1. The summed E-state index contributed by atoms with van der Waals surface area (Å²) >= 11 is 1.44. The topological polar surface area (TPSA) is 67.2 Å². The molecule has 1 fully saturated rings. The van der Waals surface area contributed by atoms with Crippen molar-refractivity contribution in [2.45, 2.75) is 45.1 Å². The van der Waals surface area contributed by atoms with Gasteiger partial charge in [0.05, 0.1) is 15.9 Å².